The summed E-state index contributed by atoms with van der Waals surface area (Å²) in [5.74, 6) is 0.372. The molecule has 0 radical (unpaired) electrons. The zero-order valence-electron chi connectivity index (χ0n) is 34.0. The summed E-state index contributed by atoms with van der Waals surface area (Å²) >= 11 is 6.34. The predicted molar refractivity (Wildman–Crippen MR) is 232 cm³/mol. The van der Waals surface area contributed by atoms with E-state index in [-0.39, 0.29) is 76.2 Å². The monoisotopic (exact) mass is 843 g/mol. The van der Waals surface area contributed by atoms with E-state index in [9.17, 15) is 19.2 Å². The Hall–Kier alpha value is -5.83. The Labute approximate surface area is 355 Å². The maximum absolute atomic E-state index is 13.9. The van der Waals surface area contributed by atoms with Gasteiger partial charge in [0.2, 0.25) is 6.10 Å². The van der Waals surface area contributed by atoms with Crippen LogP contribution in [0.15, 0.2) is 97.6 Å². The van der Waals surface area contributed by atoms with Gasteiger partial charge >= 0.3 is 12.2 Å². The van der Waals surface area contributed by atoms with Crippen molar-refractivity contribution < 1.29 is 42.9 Å². The van der Waals surface area contributed by atoms with E-state index in [2.05, 4.69) is 33.2 Å². The van der Waals surface area contributed by atoms with Crippen molar-refractivity contribution in [3.63, 3.8) is 0 Å². The number of benzene rings is 4. The molecule has 1 aliphatic heterocycles. The molecule has 60 heavy (non-hydrogen) atoms. The lowest BCUT2D eigenvalue weighted by Gasteiger charge is -2.22. The summed E-state index contributed by atoms with van der Waals surface area (Å²) in [7, 11) is 0. The van der Waals surface area contributed by atoms with Gasteiger partial charge in [-0.1, -0.05) is 93.2 Å². The van der Waals surface area contributed by atoms with E-state index in [4.69, 9.17) is 35.3 Å². The van der Waals surface area contributed by atoms with Gasteiger partial charge in [-0.3, -0.25) is 9.59 Å². The van der Waals surface area contributed by atoms with Gasteiger partial charge in [-0.2, -0.15) is 0 Å². The van der Waals surface area contributed by atoms with E-state index in [0.29, 0.717) is 36.0 Å². The van der Waals surface area contributed by atoms with E-state index in [1.165, 1.54) is 6.08 Å². The molecule has 320 valence electrons. The Morgan fingerprint density at radius 1 is 0.850 bits per heavy atom. The van der Waals surface area contributed by atoms with Crippen LogP contribution < -0.4 is 31.3 Å². The first-order valence-electron chi connectivity index (χ1n) is 20.0. The van der Waals surface area contributed by atoms with Crippen LogP contribution in [0.25, 0.3) is 10.8 Å². The number of halogens is 1. The van der Waals surface area contributed by atoms with Crippen molar-refractivity contribution in [1.29, 1.82) is 0 Å². The average molecular weight is 844 g/mol. The second-order valence-corrected chi connectivity index (χ2v) is 14.6. The first kappa shape index (κ1) is 45.3. The quantitative estimate of drug-likeness (QED) is 0.0289. The van der Waals surface area contributed by atoms with Crippen LogP contribution in [0.5, 0.6) is 5.75 Å². The van der Waals surface area contributed by atoms with E-state index >= 15 is 0 Å². The second kappa shape index (κ2) is 23.7. The number of rotatable bonds is 24. The minimum Gasteiger partial charge on any atom is -0.475 e. The fourth-order valence-corrected chi connectivity index (χ4v) is 6.84. The Morgan fingerprint density at radius 2 is 1.53 bits per heavy atom. The maximum Gasteiger partial charge on any atom is 0.408 e. The van der Waals surface area contributed by atoms with E-state index < -0.39 is 24.3 Å². The first-order chi connectivity index (χ1) is 29.2. The van der Waals surface area contributed by atoms with Crippen molar-refractivity contribution in [2.24, 2.45) is 5.92 Å². The molecule has 3 atom stereocenters. The molecule has 5 rings (SSSR count). The summed E-state index contributed by atoms with van der Waals surface area (Å²) in [5, 5.41) is 16.6. The van der Waals surface area contributed by atoms with Gasteiger partial charge < -0.3 is 50.3 Å². The fraction of sp³-hybridized carbons (Fsp3) is 0.378. The summed E-state index contributed by atoms with van der Waals surface area (Å²) in [4.78, 5) is 51.2. The van der Waals surface area contributed by atoms with Crippen LogP contribution in [-0.2, 0) is 35.1 Å². The molecule has 0 fully saturated rings. The lowest BCUT2D eigenvalue weighted by molar-refractivity contribution is -0.128. The number of nitrogens with one attached hydrogen (secondary N) is 5. The minimum atomic E-state index is -1.04. The number of amides is 3. The van der Waals surface area contributed by atoms with Gasteiger partial charge in [0.05, 0.1) is 39.0 Å². The minimum absolute atomic E-state index is 0.0500. The summed E-state index contributed by atoms with van der Waals surface area (Å²) in [6, 6.07) is 25.5. The highest BCUT2D eigenvalue weighted by molar-refractivity contribution is 6.18. The summed E-state index contributed by atoms with van der Waals surface area (Å²) in [6.45, 7) is 9.68. The average Bonchev–Trinajstić information content (AvgIpc) is 3.69. The van der Waals surface area contributed by atoms with Crippen molar-refractivity contribution in [2.45, 2.75) is 38.5 Å². The topological polar surface area (TPSA) is 175 Å². The number of hydrogen-bond donors (Lipinski definition) is 5. The van der Waals surface area contributed by atoms with Crippen LogP contribution in [0.1, 0.15) is 42.6 Å². The third kappa shape index (κ3) is 13.3. The number of carbonyl (C=O) groups excluding carboxylic acids is 4. The van der Waals surface area contributed by atoms with Gasteiger partial charge in [0.25, 0.3) is 5.91 Å². The third-order valence-corrected chi connectivity index (χ3v) is 9.98. The molecule has 1 unspecified atom stereocenters. The highest BCUT2D eigenvalue weighted by Gasteiger charge is 2.29. The molecular formula is C45H54ClN5O9. The summed E-state index contributed by atoms with van der Waals surface area (Å²) in [5.41, 5.74) is 4.10. The van der Waals surface area contributed by atoms with Crippen molar-refractivity contribution in [1.82, 2.24) is 16.0 Å². The lowest BCUT2D eigenvalue weighted by atomic mass is 9.95. The highest BCUT2D eigenvalue weighted by Crippen LogP contribution is 2.43. The van der Waals surface area contributed by atoms with Gasteiger partial charge in [0.1, 0.15) is 19.0 Å². The zero-order valence-corrected chi connectivity index (χ0v) is 34.8. The standard InChI is InChI=1S/C45H54ClN5O9/c1-4-20-58-44(54)48-19-22-57-24-23-56-21-18-47-43(53)42(60-39-25-37-40(33(26-46)27-50-37)36-13-9-8-12-35(36)39)32-14-16-34(17-15-32)49-28-38(52)41(30(2)3)51-45(55)59-29-31-10-6-5-7-11-31/h4-17,25,30,33,41-42,49-50H,1,18-24,26-29H2,2-3H3,(H,47,53)(H,48,54)(H,51,55)/t33-,41+,42?/m1/s1. The van der Waals surface area contributed by atoms with Crippen LogP contribution in [0.2, 0.25) is 0 Å². The fourth-order valence-electron chi connectivity index (χ4n) is 6.57. The van der Waals surface area contributed by atoms with Gasteiger partial charge in [-0.05, 0) is 34.6 Å². The van der Waals surface area contributed by atoms with Crippen LogP contribution in [0.4, 0.5) is 21.0 Å². The predicted octanol–water partition coefficient (Wildman–Crippen LogP) is 6.70. The van der Waals surface area contributed by atoms with Gasteiger partial charge in [-0.25, -0.2) is 9.59 Å². The van der Waals surface area contributed by atoms with Crippen LogP contribution in [0.3, 0.4) is 0 Å². The van der Waals surface area contributed by atoms with E-state index in [0.717, 1.165) is 27.6 Å². The smallest absolute Gasteiger partial charge is 0.408 e. The molecule has 0 aromatic heterocycles. The number of ether oxygens (including phenoxy) is 5. The van der Waals surface area contributed by atoms with Gasteiger partial charge in [-0.15, -0.1) is 11.6 Å². The van der Waals surface area contributed by atoms with Crippen LogP contribution >= 0.6 is 11.6 Å². The summed E-state index contributed by atoms with van der Waals surface area (Å²) in [6.07, 6.45) is -0.775. The van der Waals surface area contributed by atoms with Crippen molar-refractivity contribution in [3.05, 3.63) is 114 Å². The van der Waals surface area contributed by atoms with E-state index in [1.54, 1.807) is 24.3 Å². The van der Waals surface area contributed by atoms with Crippen molar-refractivity contribution in [2.75, 3.05) is 75.7 Å². The van der Waals surface area contributed by atoms with Crippen LogP contribution in [0, 0.1) is 5.92 Å². The molecule has 15 heteroatoms. The molecule has 0 saturated heterocycles. The number of anilines is 2. The van der Waals surface area contributed by atoms with Gasteiger partial charge in [0, 0.05) is 59.8 Å². The molecule has 5 N–H and O–H groups in total. The normalized spacial score (nSPS) is 14.0. The molecule has 14 nitrogen and oxygen atoms in total. The SMILES string of the molecule is C=CCOC(=O)NCCOCCOCCNC(=O)C(Oc1cc2c(c3ccccc13)[C@H](CCl)CN2)c1ccc(NCC(=O)[C@@H](NC(=O)OCc2ccccc2)C(C)C)cc1. The molecule has 4 aromatic carbocycles. The molecule has 0 aliphatic carbocycles. The number of ketones is 1. The number of hydrogen-bond acceptors (Lipinski definition) is 11. The number of fused-ring (bicyclic) bond motifs is 3. The molecule has 0 saturated carbocycles. The molecule has 4 aromatic rings. The molecule has 0 spiro atoms. The molecule has 1 aliphatic rings. The first-order valence-corrected chi connectivity index (χ1v) is 20.5. The molecule has 0 bridgehead atoms. The second-order valence-electron chi connectivity index (χ2n) is 14.3. The Morgan fingerprint density at radius 3 is 2.22 bits per heavy atom. The maximum atomic E-state index is 13.9. The van der Waals surface area contributed by atoms with Gasteiger partial charge in [0.15, 0.2) is 5.78 Å². The zero-order chi connectivity index (χ0) is 42.7. The number of carbonyl (C=O) groups is 4. The van der Waals surface area contributed by atoms with Crippen LogP contribution in [-0.4, -0.2) is 95.0 Å². The lowest BCUT2D eigenvalue weighted by Crippen LogP contribution is -2.46. The Kier molecular flexibility index (Phi) is 17.9. The molecule has 3 amide bonds. The number of alkyl carbamates (subject to hydrolysis) is 2. The van der Waals surface area contributed by atoms with Crippen molar-refractivity contribution in [3.8, 4) is 5.75 Å². The highest BCUT2D eigenvalue weighted by atomic mass is 35.5. The number of alkyl halides is 1. The third-order valence-electron chi connectivity index (χ3n) is 9.61. The summed E-state index contributed by atoms with van der Waals surface area (Å²) < 4.78 is 27.9. The number of Topliss-reactive ketones (excluding diaryl/α,β-unsaturated/α-hetero) is 1. The van der Waals surface area contributed by atoms with Crippen molar-refractivity contribution >= 4 is 57.6 Å². The Bertz CT molecular complexity index is 2030. The molecular weight excluding hydrogens is 790 g/mol. The largest absolute Gasteiger partial charge is 0.475 e. The Balaban J connectivity index is 1.20. The van der Waals surface area contributed by atoms with E-state index in [1.807, 2.05) is 74.5 Å². The molecule has 1 heterocycles.